The lowest BCUT2D eigenvalue weighted by atomic mass is 9.94. The molecule has 15 heavy (non-hydrogen) atoms. The first-order chi connectivity index (χ1) is 7.02. The summed E-state index contributed by atoms with van der Waals surface area (Å²) in [5.41, 5.74) is 10.4. The third-order valence-corrected chi connectivity index (χ3v) is 3.20. The molecule has 1 saturated carbocycles. The van der Waals surface area contributed by atoms with Crippen molar-refractivity contribution in [3.8, 4) is 0 Å². The minimum Gasteiger partial charge on any atom is -0.368 e. The van der Waals surface area contributed by atoms with Gasteiger partial charge in [-0.25, -0.2) is 0 Å². The standard InChI is InChI=1S/C9H13BrN4O/c10-7-3-13-14(4-7)5-9(12,8(11)15)6-1-2-6/h3-4,6H,1-2,5,12H2,(H2,11,15). The summed E-state index contributed by atoms with van der Waals surface area (Å²) in [5.74, 6) is -0.241. The normalized spacial score (nSPS) is 19.9. The van der Waals surface area contributed by atoms with E-state index >= 15 is 0 Å². The summed E-state index contributed by atoms with van der Waals surface area (Å²) in [6, 6.07) is 0. The van der Waals surface area contributed by atoms with Crippen molar-refractivity contribution in [1.29, 1.82) is 0 Å². The molecule has 1 unspecified atom stereocenters. The van der Waals surface area contributed by atoms with Crippen LogP contribution in [-0.2, 0) is 11.3 Å². The molecule has 0 saturated heterocycles. The fraction of sp³-hybridized carbons (Fsp3) is 0.556. The van der Waals surface area contributed by atoms with E-state index in [2.05, 4.69) is 21.0 Å². The third-order valence-electron chi connectivity index (χ3n) is 2.79. The van der Waals surface area contributed by atoms with Gasteiger partial charge in [-0.15, -0.1) is 0 Å². The van der Waals surface area contributed by atoms with Crippen molar-refractivity contribution in [1.82, 2.24) is 9.78 Å². The Balaban J connectivity index is 2.16. The number of aromatic nitrogens is 2. The largest absolute Gasteiger partial charge is 0.368 e. The monoisotopic (exact) mass is 272 g/mol. The molecule has 1 aliphatic rings. The second kappa shape index (κ2) is 3.61. The summed E-state index contributed by atoms with van der Waals surface area (Å²) in [6.45, 7) is 0.346. The van der Waals surface area contributed by atoms with Gasteiger partial charge in [-0.2, -0.15) is 5.10 Å². The molecule has 0 bridgehead atoms. The first kappa shape index (κ1) is 10.6. The lowest BCUT2D eigenvalue weighted by Crippen LogP contribution is -2.56. The zero-order valence-electron chi connectivity index (χ0n) is 8.19. The molecule has 1 aromatic rings. The molecule has 1 amide bonds. The summed E-state index contributed by atoms with van der Waals surface area (Å²) in [4.78, 5) is 11.4. The van der Waals surface area contributed by atoms with E-state index in [0.717, 1.165) is 17.3 Å². The molecular weight excluding hydrogens is 260 g/mol. The topological polar surface area (TPSA) is 86.9 Å². The van der Waals surface area contributed by atoms with Crippen LogP contribution in [0.15, 0.2) is 16.9 Å². The van der Waals surface area contributed by atoms with Crippen LogP contribution in [0.3, 0.4) is 0 Å². The van der Waals surface area contributed by atoms with Crippen LogP contribution in [0.2, 0.25) is 0 Å². The predicted molar refractivity (Wildman–Crippen MR) is 58.8 cm³/mol. The van der Waals surface area contributed by atoms with E-state index < -0.39 is 11.4 Å². The first-order valence-electron chi connectivity index (χ1n) is 4.79. The quantitative estimate of drug-likeness (QED) is 0.823. The van der Waals surface area contributed by atoms with Gasteiger partial charge in [-0.05, 0) is 34.7 Å². The van der Waals surface area contributed by atoms with E-state index in [4.69, 9.17) is 11.5 Å². The Kier molecular flexibility index (Phi) is 2.56. The van der Waals surface area contributed by atoms with E-state index in [1.807, 2.05) is 0 Å². The molecule has 1 aliphatic carbocycles. The fourth-order valence-corrected chi connectivity index (χ4v) is 2.03. The lowest BCUT2D eigenvalue weighted by Gasteiger charge is -2.25. The number of carbonyl (C=O) groups is 1. The van der Waals surface area contributed by atoms with E-state index in [9.17, 15) is 4.79 Å². The Morgan fingerprint density at radius 1 is 1.73 bits per heavy atom. The molecule has 1 fully saturated rings. The van der Waals surface area contributed by atoms with Crippen molar-refractivity contribution in [3.63, 3.8) is 0 Å². The molecule has 82 valence electrons. The second-order valence-electron chi connectivity index (χ2n) is 4.04. The summed E-state index contributed by atoms with van der Waals surface area (Å²) >= 11 is 3.29. The van der Waals surface area contributed by atoms with Gasteiger partial charge in [0.05, 0.1) is 17.2 Å². The predicted octanol–water partition coefficient (Wildman–Crippen LogP) is 0.238. The van der Waals surface area contributed by atoms with Crippen molar-refractivity contribution in [2.75, 3.05) is 0 Å². The molecule has 5 nitrogen and oxygen atoms in total. The molecule has 2 rings (SSSR count). The number of carbonyl (C=O) groups excluding carboxylic acids is 1. The van der Waals surface area contributed by atoms with Crippen molar-refractivity contribution in [2.24, 2.45) is 17.4 Å². The smallest absolute Gasteiger partial charge is 0.239 e. The Hall–Kier alpha value is -0.880. The Labute approximate surface area is 95.9 Å². The molecular formula is C9H13BrN4O. The molecule has 0 aromatic carbocycles. The highest BCUT2D eigenvalue weighted by Gasteiger charge is 2.47. The summed E-state index contributed by atoms with van der Waals surface area (Å²) in [6.07, 6.45) is 5.39. The summed E-state index contributed by atoms with van der Waals surface area (Å²) in [5, 5.41) is 4.08. The number of nitrogens with zero attached hydrogens (tertiary/aromatic N) is 2. The maximum atomic E-state index is 11.4. The van der Waals surface area contributed by atoms with Crippen molar-refractivity contribution >= 4 is 21.8 Å². The highest BCUT2D eigenvalue weighted by molar-refractivity contribution is 9.10. The fourth-order valence-electron chi connectivity index (χ4n) is 1.70. The minimum absolute atomic E-state index is 0.206. The zero-order valence-corrected chi connectivity index (χ0v) is 9.77. The number of hydrogen-bond donors (Lipinski definition) is 2. The number of rotatable bonds is 4. The minimum atomic E-state index is -0.953. The second-order valence-corrected chi connectivity index (χ2v) is 4.95. The SMILES string of the molecule is NC(=O)C(N)(Cn1cc(Br)cn1)C1CC1. The van der Waals surface area contributed by atoms with Crippen molar-refractivity contribution < 1.29 is 4.79 Å². The lowest BCUT2D eigenvalue weighted by molar-refractivity contribution is -0.124. The van der Waals surface area contributed by atoms with Crippen LogP contribution in [0, 0.1) is 5.92 Å². The number of hydrogen-bond acceptors (Lipinski definition) is 3. The van der Waals surface area contributed by atoms with E-state index in [0.29, 0.717) is 6.54 Å². The van der Waals surface area contributed by atoms with Gasteiger partial charge >= 0.3 is 0 Å². The Morgan fingerprint density at radius 3 is 2.80 bits per heavy atom. The number of primary amides is 1. The van der Waals surface area contributed by atoms with Crippen LogP contribution >= 0.6 is 15.9 Å². The average molecular weight is 273 g/mol. The van der Waals surface area contributed by atoms with Gasteiger partial charge in [0.15, 0.2) is 0 Å². The molecule has 1 atom stereocenters. The van der Waals surface area contributed by atoms with E-state index in [-0.39, 0.29) is 5.92 Å². The molecule has 1 aromatic heterocycles. The molecule has 0 radical (unpaired) electrons. The van der Waals surface area contributed by atoms with Gasteiger partial charge in [0.2, 0.25) is 5.91 Å². The summed E-state index contributed by atoms with van der Waals surface area (Å²) < 4.78 is 2.51. The van der Waals surface area contributed by atoms with Gasteiger partial charge in [0, 0.05) is 6.20 Å². The van der Waals surface area contributed by atoms with E-state index in [1.54, 1.807) is 17.1 Å². The van der Waals surface area contributed by atoms with Crippen molar-refractivity contribution in [2.45, 2.75) is 24.9 Å². The van der Waals surface area contributed by atoms with E-state index in [1.165, 1.54) is 0 Å². The van der Waals surface area contributed by atoms with Crippen LogP contribution in [0.1, 0.15) is 12.8 Å². The van der Waals surface area contributed by atoms with Crippen LogP contribution in [0.25, 0.3) is 0 Å². The van der Waals surface area contributed by atoms with Gasteiger partial charge in [-0.1, -0.05) is 0 Å². The van der Waals surface area contributed by atoms with Crippen molar-refractivity contribution in [3.05, 3.63) is 16.9 Å². The van der Waals surface area contributed by atoms with Gasteiger partial charge in [0.1, 0.15) is 5.54 Å². The van der Waals surface area contributed by atoms with Gasteiger partial charge < -0.3 is 11.5 Å². The van der Waals surface area contributed by atoms with Gasteiger partial charge in [0.25, 0.3) is 0 Å². The maximum absolute atomic E-state index is 11.4. The average Bonchev–Trinajstić information content (AvgIpc) is 2.92. The van der Waals surface area contributed by atoms with Crippen LogP contribution in [-0.4, -0.2) is 21.2 Å². The summed E-state index contributed by atoms with van der Waals surface area (Å²) in [7, 11) is 0. The van der Waals surface area contributed by atoms with Crippen LogP contribution in [0.5, 0.6) is 0 Å². The molecule has 0 aliphatic heterocycles. The molecule has 6 heteroatoms. The van der Waals surface area contributed by atoms with Gasteiger partial charge in [-0.3, -0.25) is 9.48 Å². The first-order valence-corrected chi connectivity index (χ1v) is 5.58. The van der Waals surface area contributed by atoms with Crippen LogP contribution < -0.4 is 11.5 Å². The highest BCUT2D eigenvalue weighted by atomic mass is 79.9. The number of nitrogens with two attached hydrogens (primary N) is 2. The Morgan fingerprint density at radius 2 is 2.40 bits per heavy atom. The Bertz CT molecular complexity index is 387. The third kappa shape index (κ3) is 2.05. The molecule has 4 N–H and O–H groups in total. The maximum Gasteiger partial charge on any atom is 0.239 e. The molecule has 0 spiro atoms. The molecule has 1 heterocycles. The number of amides is 1. The van der Waals surface area contributed by atoms with Crippen LogP contribution in [0.4, 0.5) is 0 Å². The zero-order chi connectivity index (χ0) is 11.1. The number of halogens is 1. The highest BCUT2D eigenvalue weighted by Crippen LogP contribution is 2.39.